The van der Waals surface area contributed by atoms with Crippen molar-refractivity contribution in [2.45, 2.75) is 12.7 Å². The first kappa shape index (κ1) is 12.0. The van der Waals surface area contributed by atoms with Crippen molar-refractivity contribution >= 4 is 26.5 Å². The Morgan fingerprint density at radius 1 is 1.41 bits per heavy atom. The third-order valence-corrected chi connectivity index (χ3v) is 4.00. The predicted octanol–water partition coefficient (Wildman–Crippen LogP) is 1.79. The molecule has 0 atom stereocenters. The Morgan fingerprint density at radius 3 is 2.88 bits per heavy atom. The lowest BCUT2D eigenvalue weighted by Gasteiger charge is -2.05. The molecule has 17 heavy (non-hydrogen) atoms. The first-order valence-electron chi connectivity index (χ1n) is 4.87. The molecule has 0 unspecified atom stereocenters. The smallest absolute Gasteiger partial charge is 0.238 e. The van der Waals surface area contributed by atoms with E-state index in [-0.39, 0.29) is 10.9 Å². The maximum Gasteiger partial charge on any atom is 0.238 e. The Morgan fingerprint density at radius 2 is 2.24 bits per heavy atom. The van der Waals surface area contributed by atoms with Gasteiger partial charge in [-0.25, -0.2) is 8.42 Å². The SMILES string of the molecule is Cc1cccc(CS(=O)(=O)Nc2nncs2)c1. The van der Waals surface area contributed by atoms with E-state index in [1.54, 1.807) is 6.07 Å². The lowest BCUT2D eigenvalue weighted by atomic mass is 10.2. The number of nitrogens with zero attached hydrogens (tertiary/aromatic N) is 2. The average molecular weight is 269 g/mol. The fourth-order valence-corrected chi connectivity index (χ4v) is 3.27. The monoisotopic (exact) mass is 269 g/mol. The summed E-state index contributed by atoms with van der Waals surface area (Å²) in [4.78, 5) is 0. The van der Waals surface area contributed by atoms with E-state index in [0.717, 1.165) is 22.5 Å². The highest BCUT2D eigenvalue weighted by Crippen LogP contribution is 2.14. The molecule has 1 heterocycles. The second-order valence-corrected chi connectivity index (χ2v) is 6.15. The van der Waals surface area contributed by atoms with Crippen LogP contribution in [0.25, 0.3) is 0 Å². The highest BCUT2D eigenvalue weighted by Gasteiger charge is 2.13. The zero-order valence-corrected chi connectivity index (χ0v) is 10.8. The molecule has 0 saturated heterocycles. The van der Waals surface area contributed by atoms with Crippen molar-refractivity contribution in [1.29, 1.82) is 0 Å². The molecule has 1 aromatic heterocycles. The number of hydrogen-bond acceptors (Lipinski definition) is 5. The molecule has 2 rings (SSSR count). The van der Waals surface area contributed by atoms with Crippen LogP contribution in [0.3, 0.4) is 0 Å². The normalized spacial score (nSPS) is 11.4. The van der Waals surface area contributed by atoms with Crippen molar-refractivity contribution < 1.29 is 8.42 Å². The molecule has 0 aliphatic heterocycles. The summed E-state index contributed by atoms with van der Waals surface area (Å²) in [5, 5.41) is 7.50. The van der Waals surface area contributed by atoms with Gasteiger partial charge >= 0.3 is 0 Å². The molecule has 5 nitrogen and oxygen atoms in total. The minimum atomic E-state index is -3.42. The Bertz CT molecular complexity index is 594. The first-order valence-corrected chi connectivity index (χ1v) is 7.40. The molecule has 0 amide bonds. The largest absolute Gasteiger partial charge is 0.257 e. The number of benzene rings is 1. The summed E-state index contributed by atoms with van der Waals surface area (Å²) < 4.78 is 26.0. The highest BCUT2D eigenvalue weighted by atomic mass is 32.2. The summed E-state index contributed by atoms with van der Waals surface area (Å²) in [5.74, 6) is -0.0613. The van der Waals surface area contributed by atoms with Crippen LogP contribution in [0.15, 0.2) is 29.8 Å². The van der Waals surface area contributed by atoms with Crippen molar-refractivity contribution in [3.05, 3.63) is 40.9 Å². The van der Waals surface area contributed by atoms with Gasteiger partial charge in [0.05, 0.1) is 5.75 Å². The van der Waals surface area contributed by atoms with Gasteiger partial charge in [0.15, 0.2) is 0 Å². The van der Waals surface area contributed by atoms with Crippen molar-refractivity contribution in [2.75, 3.05) is 4.72 Å². The number of sulfonamides is 1. The number of anilines is 1. The molecule has 0 spiro atoms. The summed E-state index contributed by atoms with van der Waals surface area (Å²) in [6.07, 6.45) is 0. The lowest BCUT2D eigenvalue weighted by Crippen LogP contribution is -2.15. The second-order valence-electron chi connectivity index (χ2n) is 3.59. The Balaban J connectivity index is 2.12. The van der Waals surface area contributed by atoms with Gasteiger partial charge in [0.25, 0.3) is 0 Å². The Hall–Kier alpha value is -1.47. The van der Waals surface area contributed by atoms with Gasteiger partial charge in [-0.15, -0.1) is 10.2 Å². The van der Waals surface area contributed by atoms with Crippen LogP contribution in [0.5, 0.6) is 0 Å². The number of hydrogen-bond donors (Lipinski definition) is 1. The summed E-state index contributed by atoms with van der Waals surface area (Å²) in [6, 6.07) is 7.39. The first-order chi connectivity index (χ1) is 8.05. The van der Waals surface area contributed by atoms with Crippen LogP contribution in [0.2, 0.25) is 0 Å². The van der Waals surface area contributed by atoms with Crippen LogP contribution < -0.4 is 4.72 Å². The molecule has 0 aliphatic rings. The Labute approximate surface area is 104 Å². The molecule has 90 valence electrons. The third-order valence-electron chi connectivity index (χ3n) is 2.04. The van der Waals surface area contributed by atoms with Gasteiger partial charge in [0.1, 0.15) is 5.51 Å². The number of nitrogens with one attached hydrogen (secondary N) is 1. The van der Waals surface area contributed by atoms with Crippen LogP contribution in [0.4, 0.5) is 5.13 Å². The Kier molecular flexibility index (Phi) is 3.39. The number of aromatic nitrogens is 2. The van der Waals surface area contributed by atoms with E-state index in [1.807, 2.05) is 25.1 Å². The highest BCUT2D eigenvalue weighted by molar-refractivity contribution is 7.92. The standard InChI is InChI=1S/C10H11N3O2S2/c1-8-3-2-4-9(5-8)6-17(14,15)13-10-12-11-7-16-10/h2-5,7H,6H2,1H3,(H,12,13). The summed E-state index contributed by atoms with van der Waals surface area (Å²) >= 11 is 1.15. The molecular formula is C10H11N3O2S2. The fraction of sp³-hybridized carbons (Fsp3) is 0.200. The summed E-state index contributed by atoms with van der Waals surface area (Å²) in [7, 11) is -3.42. The van der Waals surface area contributed by atoms with E-state index < -0.39 is 10.0 Å². The molecule has 1 aromatic carbocycles. The molecule has 0 aliphatic carbocycles. The lowest BCUT2D eigenvalue weighted by molar-refractivity contribution is 0.600. The van der Waals surface area contributed by atoms with Crippen LogP contribution in [-0.2, 0) is 15.8 Å². The molecule has 0 saturated carbocycles. The van der Waals surface area contributed by atoms with Crippen LogP contribution in [-0.4, -0.2) is 18.6 Å². The van der Waals surface area contributed by atoms with Gasteiger partial charge in [-0.3, -0.25) is 4.72 Å². The molecule has 7 heteroatoms. The van der Waals surface area contributed by atoms with Crippen molar-refractivity contribution in [3.63, 3.8) is 0 Å². The fourth-order valence-electron chi connectivity index (χ4n) is 1.41. The number of rotatable bonds is 4. The van der Waals surface area contributed by atoms with Crippen LogP contribution >= 0.6 is 11.3 Å². The van der Waals surface area contributed by atoms with Gasteiger partial charge in [-0.05, 0) is 12.5 Å². The number of aryl methyl sites for hydroxylation is 1. The molecule has 1 N–H and O–H groups in total. The van der Waals surface area contributed by atoms with Gasteiger partial charge in [-0.1, -0.05) is 41.2 Å². The summed E-state index contributed by atoms with van der Waals surface area (Å²) in [5.41, 5.74) is 3.26. The van der Waals surface area contributed by atoms with E-state index in [0.29, 0.717) is 0 Å². The summed E-state index contributed by atoms with van der Waals surface area (Å²) in [6.45, 7) is 1.92. The zero-order valence-electron chi connectivity index (χ0n) is 9.12. The van der Waals surface area contributed by atoms with E-state index in [4.69, 9.17) is 0 Å². The van der Waals surface area contributed by atoms with Gasteiger partial charge in [-0.2, -0.15) is 0 Å². The second kappa shape index (κ2) is 4.80. The van der Waals surface area contributed by atoms with Gasteiger partial charge < -0.3 is 0 Å². The van der Waals surface area contributed by atoms with Crippen molar-refractivity contribution in [1.82, 2.24) is 10.2 Å². The third kappa shape index (κ3) is 3.50. The molecule has 0 radical (unpaired) electrons. The minimum Gasteiger partial charge on any atom is -0.257 e. The molecule has 0 fully saturated rings. The van der Waals surface area contributed by atoms with E-state index in [2.05, 4.69) is 14.9 Å². The topological polar surface area (TPSA) is 72.0 Å². The average Bonchev–Trinajstić information content (AvgIpc) is 2.68. The van der Waals surface area contributed by atoms with Crippen LogP contribution in [0, 0.1) is 6.92 Å². The molecule has 2 aromatic rings. The minimum absolute atomic E-state index is 0.0613. The maximum atomic E-state index is 11.8. The quantitative estimate of drug-likeness (QED) is 0.918. The van der Waals surface area contributed by atoms with Crippen LogP contribution in [0.1, 0.15) is 11.1 Å². The van der Waals surface area contributed by atoms with Gasteiger partial charge in [0.2, 0.25) is 15.2 Å². The van der Waals surface area contributed by atoms with E-state index in [1.165, 1.54) is 5.51 Å². The maximum absolute atomic E-state index is 11.8. The van der Waals surface area contributed by atoms with E-state index >= 15 is 0 Å². The molecule has 0 bridgehead atoms. The predicted molar refractivity (Wildman–Crippen MR) is 67.3 cm³/mol. The van der Waals surface area contributed by atoms with Crippen molar-refractivity contribution in [3.8, 4) is 0 Å². The molecular weight excluding hydrogens is 258 g/mol. The van der Waals surface area contributed by atoms with Gasteiger partial charge in [0, 0.05) is 0 Å². The zero-order chi connectivity index (χ0) is 12.3. The van der Waals surface area contributed by atoms with Crippen molar-refractivity contribution in [2.24, 2.45) is 0 Å². The van der Waals surface area contributed by atoms with E-state index in [9.17, 15) is 8.42 Å².